The molecule has 0 fully saturated rings. The molecule has 1 N–H and O–H groups in total. The van der Waals surface area contributed by atoms with Crippen LogP contribution in [0.1, 0.15) is 12.7 Å². The van der Waals surface area contributed by atoms with Gasteiger partial charge in [-0.3, -0.25) is 4.79 Å². The second-order valence-electron chi connectivity index (χ2n) is 5.69. The fourth-order valence-electron chi connectivity index (χ4n) is 2.65. The predicted octanol–water partition coefficient (Wildman–Crippen LogP) is 5.48. The van der Waals surface area contributed by atoms with Crippen LogP contribution >= 0.6 is 22.7 Å². The zero-order valence-electron chi connectivity index (χ0n) is 14.1. The number of thiophene rings is 2. The van der Waals surface area contributed by atoms with Crippen molar-refractivity contribution in [3.8, 4) is 22.1 Å². The first-order valence-electron chi connectivity index (χ1n) is 7.95. The highest BCUT2D eigenvalue weighted by atomic mass is 32.1. The highest BCUT2D eigenvalue weighted by Crippen LogP contribution is 2.41. The molecule has 26 heavy (non-hydrogen) atoms. The van der Waals surface area contributed by atoms with Gasteiger partial charge in [-0.15, -0.1) is 22.7 Å². The van der Waals surface area contributed by atoms with Crippen molar-refractivity contribution < 1.29 is 9.53 Å². The molecule has 0 aliphatic carbocycles. The Bertz CT molecular complexity index is 1090. The van der Waals surface area contributed by atoms with Crippen molar-refractivity contribution in [2.75, 3.05) is 5.32 Å². The summed E-state index contributed by atoms with van der Waals surface area (Å²) in [6.07, 6.45) is 0. The minimum Gasteiger partial charge on any atom is -0.438 e. The zero-order valence-corrected chi connectivity index (χ0v) is 15.8. The molecule has 1 amide bonds. The lowest BCUT2D eigenvalue weighted by atomic mass is 10.2. The molecule has 3 heterocycles. The first-order valence-corrected chi connectivity index (χ1v) is 9.71. The minimum atomic E-state index is -0.125. The average molecular weight is 381 g/mol. The summed E-state index contributed by atoms with van der Waals surface area (Å²) < 4.78 is 6.10. The molecule has 0 aliphatic heterocycles. The monoisotopic (exact) mass is 381 g/mol. The average Bonchev–Trinajstić information content (AvgIpc) is 3.23. The Morgan fingerprint density at radius 1 is 1.15 bits per heavy atom. The lowest BCUT2D eigenvalue weighted by Crippen LogP contribution is -2.05. The lowest BCUT2D eigenvalue weighted by Gasteiger charge is -2.09. The molecule has 0 spiro atoms. The Balaban J connectivity index is 1.79. The molecule has 0 atom stereocenters. The van der Waals surface area contributed by atoms with Gasteiger partial charge in [0.1, 0.15) is 16.4 Å². The largest absolute Gasteiger partial charge is 0.438 e. The molecule has 1 aromatic carbocycles. The Hall–Kier alpha value is -2.77. The number of aryl methyl sites for hydroxylation is 1. The summed E-state index contributed by atoms with van der Waals surface area (Å²) in [7, 11) is 0. The van der Waals surface area contributed by atoms with Gasteiger partial charge in [0, 0.05) is 34.5 Å². The van der Waals surface area contributed by atoms with Gasteiger partial charge in [-0.25, -0.2) is 4.98 Å². The molecule has 4 rings (SSSR count). The lowest BCUT2D eigenvalue weighted by molar-refractivity contribution is -0.114. The summed E-state index contributed by atoms with van der Waals surface area (Å²) in [6.45, 7) is 3.33. The quantitative estimate of drug-likeness (QED) is 0.508. The molecule has 0 aliphatic rings. The van der Waals surface area contributed by atoms with E-state index in [2.05, 4.69) is 26.7 Å². The Labute approximate surface area is 158 Å². The zero-order chi connectivity index (χ0) is 18.1. The van der Waals surface area contributed by atoms with Gasteiger partial charge in [-0.2, -0.15) is 4.98 Å². The van der Waals surface area contributed by atoms with Gasteiger partial charge in [-0.1, -0.05) is 12.1 Å². The molecule has 0 radical (unpaired) electrons. The number of rotatable bonds is 4. The van der Waals surface area contributed by atoms with Crippen LogP contribution in [0.2, 0.25) is 0 Å². The van der Waals surface area contributed by atoms with Gasteiger partial charge in [0.2, 0.25) is 11.8 Å². The molecule has 7 heteroatoms. The molecular weight excluding hydrogens is 366 g/mol. The van der Waals surface area contributed by atoms with E-state index in [4.69, 9.17) is 4.74 Å². The van der Waals surface area contributed by atoms with Gasteiger partial charge in [0.25, 0.3) is 0 Å². The summed E-state index contributed by atoms with van der Waals surface area (Å²) in [5.74, 6) is 1.67. The number of hydrogen-bond acceptors (Lipinski definition) is 6. The summed E-state index contributed by atoms with van der Waals surface area (Å²) in [6, 6.07) is 11.4. The van der Waals surface area contributed by atoms with Gasteiger partial charge in [0.05, 0.1) is 5.39 Å². The number of carbonyl (C=O) groups is 1. The Kier molecular flexibility index (Phi) is 4.40. The third kappa shape index (κ3) is 3.31. The molecule has 130 valence electrons. The molecule has 5 nitrogen and oxygen atoms in total. The van der Waals surface area contributed by atoms with E-state index in [1.165, 1.54) is 6.92 Å². The molecule has 3 aromatic heterocycles. The van der Waals surface area contributed by atoms with Crippen LogP contribution in [-0.2, 0) is 4.79 Å². The standard InChI is InChI=1S/C19H15N3O2S2/c1-11-20-18(24-14-6-3-5-13(9-14)22-12(2)23)17-15(10-26-19(17)21-11)16-7-4-8-25-16/h3-10H,1-2H3,(H,22,23). The maximum atomic E-state index is 11.3. The number of fused-ring (bicyclic) bond motifs is 1. The molecule has 0 bridgehead atoms. The fourth-order valence-corrected chi connectivity index (χ4v) is 4.45. The Morgan fingerprint density at radius 3 is 2.81 bits per heavy atom. The van der Waals surface area contributed by atoms with E-state index in [1.807, 2.05) is 36.6 Å². The maximum absolute atomic E-state index is 11.3. The van der Waals surface area contributed by atoms with Gasteiger partial charge >= 0.3 is 0 Å². The van der Waals surface area contributed by atoms with Crippen LogP contribution in [0.5, 0.6) is 11.6 Å². The smallest absolute Gasteiger partial charge is 0.231 e. The molecule has 0 unspecified atom stereocenters. The van der Waals surface area contributed by atoms with Gasteiger partial charge < -0.3 is 10.1 Å². The van der Waals surface area contributed by atoms with E-state index in [-0.39, 0.29) is 5.91 Å². The number of carbonyl (C=O) groups excluding carboxylic acids is 1. The van der Waals surface area contributed by atoms with Crippen molar-refractivity contribution >= 4 is 44.5 Å². The van der Waals surface area contributed by atoms with Gasteiger partial charge in [-0.05, 0) is 30.5 Å². The third-order valence-corrected chi connectivity index (χ3v) is 5.44. The van der Waals surface area contributed by atoms with Gasteiger partial charge in [0.15, 0.2) is 0 Å². The number of nitrogens with zero attached hydrogens (tertiary/aromatic N) is 2. The predicted molar refractivity (Wildman–Crippen MR) is 106 cm³/mol. The number of amides is 1. The first kappa shape index (κ1) is 16.7. The van der Waals surface area contributed by atoms with E-state index >= 15 is 0 Å². The second-order valence-corrected chi connectivity index (χ2v) is 7.50. The summed E-state index contributed by atoms with van der Waals surface area (Å²) in [5, 5.41) is 7.81. The van der Waals surface area contributed by atoms with Crippen LogP contribution in [0.15, 0.2) is 47.2 Å². The summed E-state index contributed by atoms with van der Waals surface area (Å²) in [4.78, 5) is 22.4. The van der Waals surface area contributed by atoms with Crippen molar-refractivity contribution in [1.29, 1.82) is 0 Å². The van der Waals surface area contributed by atoms with E-state index < -0.39 is 0 Å². The number of anilines is 1. The maximum Gasteiger partial charge on any atom is 0.231 e. The van der Waals surface area contributed by atoms with Crippen molar-refractivity contribution in [3.05, 3.63) is 53.0 Å². The van der Waals surface area contributed by atoms with E-state index in [9.17, 15) is 4.79 Å². The number of aromatic nitrogens is 2. The van der Waals surface area contributed by atoms with Crippen LogP contribution in [0.25, 0.3) is 20.7 Å². The van der Waals surface area contributed by atoms with Crippen molar-refractivity contribution in [2.45, 2.75) is 13.8 Å². The fraction of sp³-hybridized carbons (Fsp3) is 0.105. The normalized spacial score (nSPS) is 10.8. The van der Waals surface area contributed by atoms with Crippen molar-refractivity contribution in [1.82, 2.24) is 9.97 Å². The summed E-state index contributed by atoms with van der Waals surface area (Å²) in [5.41, 5.74) is 1.76. The topological polar surface area (TPSA) is 64.1 Å². The van der Waals surface area contributed by atoms with E-state index in [0.717, 1.165) is 20.7 Å². The second kappa shape index (κ2) is 6.86. The number of ether oxygens (including phenoxy) is 1. The van der Waals surface area contributed by atoms with Crippen molar-refractivity contribution in [2.24, 2.45) is 0 Å². The number of hydrogen-bond donors (Lipinski definition) is 1. The number of nitrogens with one attached hydrogen (secondary N) is 1. The number of benzene rings is 1. The van der Waals surface area contributed by atoms with Crippen LogP contribution in [0, 0.1) is 6.92 Å². The molecular formula is C19H15N3O2S2. The van der Waals surface area contributed by atoms with E-state index in [0.29, 0.717) is 23.1 Å². The van der Waals surface area contributed by atoms with Crippen LogP contribution in [0.4, 0.5) is 5.69 Å². The van der Waals surface area contributed by atoms with Crippen LogP contribution < -0.4 is 10.1 Å². The molecule has 0 saturated heterocycles. The van der Waals surface area contributed by atoms with Crippen LogP contribution in [0.3, 0.4) is 0 Å². The highest BCUT2D eigenvalue weighted by molar-refractivity contribution is 7.18. The van der Waals surface area contributed by atoms with Crippen molar-refractivity contribution in [3.63, 3.8) is 0 Å². The summed E-state index contributed by atoms with van der Waals surface area (Å²) >= 11 is 3.25. The molecule has 4 aromatic rings. The van der Waals surface area contributed by atoms with E-state index in [1.54, 1.807) is 28.7 Å². The SMILES string of the molecule is CC(=O)Nc1cccc(Oc2nc(C)nc3scc(-c4cccs4)c23)c1. The first-order chi connectivity index (χ1) is 12.6. The highest BCUT2D eigenvalue weighted by Gasteiger charge is 2.17. The minimum absolute atomic E-state index is 0.125. The van der Waals surface area contributed by atoms with Crippen LogP contribution in [-0.4, -0.2) is 15.9 Å². The Morgan fingerprint density at radius 2 is 2.04 bits per heavy atom. The molecule has 0 saturated carbocycles. The third-order valence-electron chi connectivity index (χ3n) is 3.67.